The quantitative estimate of drug-likeness (QED) is 0.176. The minimum absolute atomic E-state index is 0.0121. The van der Waals surface area contributed by atoms with Crippen LogP contribution in [-0.4, -0.2) is 51.7 Å². The van der Waals surface area contributed by atoms with Crippen LogP contribution >= 0.6 is 0 Å². The SMILES string of the molecule is Cc1ccc(-n2nc(C(C)(C)C)cc2NC(=O)Nc2ccc(CC3CC4CCC(C3)N4C(=O)c3c(C)oc(C)c3S(=O)(=O)O)cc2)cc1. The number of piperidine rings is 1. The number of fused-ring (bicyclic) bond motifs is 2. The number of aromatic nitrogens is 2. The van der Waals surface area contributed by atoms with Crippen LogP contribution in [0.3, 0.4) is 0 Å². The number of anilines is 2. The molecular formula is C36H43N5O6S. The largest absolute Gasteiger partial charge is 0.464 e. The molecule has 6 rings (SSSR count). The Morgan fingerprint density at radius 3 is 2.15 bits per heavy atom. The molecule has 0 radical (unpaired) electrons. The van der Waals surface area contributed by atoms with Crippen molar-refractivity contribution in [2.24, 2.45) is 5.92 Å². The predicted octanol–water partition coefficient (Wildman–Crippen LogP) is 7.20. The lowest BCUT2D eigenvalue weighted by Crippen LogP contribution is -2.47. The van der Waals surface area contributed by atoms with Gasteiger partial charge in [-0.05, 0) is 88.6 Å². The van der Waals surface area contributed by atoms with Crippen molar-refractivity contribution in [3.63, 3.8) is 0 Å². The van der Waals surface area contributed by atoms with E-state index >= 15 is 0 Å². The topological polar surface area (TPSA) is 147 Å². The molecule has 4 aromatic rings. The lowest BCUT2D eigenvalue weighted by molar-refractivity contribution is 0.0519. The molecule has 2 aromatic heterocycles. The van der Waals surface area contributed by atoms with Gasteiger partial charge in [-0.1, -0.05) is 50.6 Å². The van der Waals surface area contributed by atoms with Gasteiger partial charge in [0.05, 0.1) is 11.4 Å². The molecule has 2 atom stereocenters. The third-order valence-corrected chi connectivity index (χ3v) is 10.5. The molecule has 12 heteroatoms. The molecule has 2 fully saturated rings. The summed E-state index contributed by atoms with van der Waals surface area (Å²) in [7, 11) is -4.61. The van der Waals surface area contributed by atoms with Crippen LogP contribution in [0.25, 0.3) is 5.69 Å². The molecule has 2 aliphatic rings. The van der Waals surface area contributed by atoms with E-state index in [0.717, 1.165) is 54.6 Å². The average molecular weight is 674 g/mol. The van der Waals surface area contributed by atoms with E-state index in [1.165, 1.54) is 6.92 Å². The molecule has 3 N–H and O–H groups in total. The third kappa shape index (κ3) is 6.77. The van der Waals surface area contributed by atoms with Crippen molar-refractivity contribution in [1.82, 2.24) is 14.7 Å². The Hall–Kier alpha value is -4.42. The number of nitrogens with zero attached hydrogens (tertiary/aromatic N) is 3. The number of benzene rings is 2. The summed E-state index contributed by atoms with van der Waals surface area (Å²) < 4.78 is 41.2. The molecule has 2 aromatic carbocycles. The first-order chi connectivity index (χ1) is 22.6. The molecular weight excluding hydrogens is 630 g/mol. The van der Waals surface area contributed by atoms with Crippen LogP contribution in [0.15, 0.2) is 63.9 Å². The van der Waals surface area contributed by atoms with Crippen LogP contribution in [0, 0.1) is 26.7 Å². The molecule has 0 saturated carbocycles. The van der Waals surface area contributed by atoms with E-state index in [1.54, 1.807) is 11.6 Å². The number of hydrogen-bond donors (Lipinski definition) is 3. The summed E-state index contributed by atoms with van der Waals surface area (Å²) in [6.07, 6.45) is 4.12. The van der Waals surface area contributed by atoms with Gasteiger partial charge in [-0.15, -0.1) is 0 Å². The van der Waals surface area contributed by atoms with E-state index in [9.17, 15) is 22.6 Å². The minimum atomic E-state index is -4.61. The fraction of sp³-hybridized carbons (Fsp3) is 0.417. The lowest BCUT2D eigenvalue weighted by atomic mass is 9.85. The summed E-state index contributed by atoms with van der Waals surface area (Å²) in [5, 5.41) is 10.7. The Labute approximate surface area is 281 Å². The second-order valence-corrected chi connectivity index (χ2v) is 15.6. The van der Waals surface area contributed by atoms with Gasteiger partial charge in [0.25, 0.3) is 16.0 Å². The first-order valence-electron chi connectivity index (χ1n) is 16.3. The van der Waals surface area contributed by atoms with Gasteiger partial charge in [0, 0.05) is 29.3 Å². The van der Waals surface area contributed by atoms with Gasteiger partial charge in [0.15, 0.2) is 0 Å². The van der Waals surface area contributed by atoms with Crippen molar-refractivity contribution < 1.29 is 27.0 Å². The van der Waals surface area contributed by atoms with Crippen LogP contribution in [0.5, 0.6) is 0 Å². The van der Waals surface area contributed by atoms with Gasteiger partial charge in [0.1, 0.15) is 27.8 Å². The van der Waals surface area contributed by atoms with Crippen molar-refractivity contribution >= 4 is 33.6 Å². The first-order valence-corrected chi connectivity index (χ1v) is 17.8. The average Bonchev–Trinajstić information content (AvgIpc) is 3.64. The highest BCUT2D eigenvalue weighted by atomic mass is 32.2. The maximum atomic E-state index is 13.7. The maximum Gasteiger partial charge on any atom is 0.324 e. The molecule has 11 nitrogen and oxygen atoms in total. The summed E-state index contributed by atoms with van der Waals surface area (Å²) in [5.74, 6) is 0.735. The van der Waals surface area contributed by atoms with Gasteiger partial charge < -0.3 is 14.6 Å². The summed E-state index contributed by atoms with van der Waals surface area (Å²) in [6.45, 7) is 11.3. The molecule has 2 aliphatic heterocycles. The van der Waals surface area contributed by atoms with Gasteiger partial charge >= 0.3 is 6.03 Å². The van der Waals surface area contributed by atoms with Crippen LogP contribution in [0.1, 0.15) is 85.2 Å². The number of carbonyl (C=O) groups is 2. The second-order valence-electron chi connectivity index (χ2n) is 14.2. The van der Waals surface area contributed by atoms with Crippen molar-refractivity contribution in [3.05, 3.63) is 88.5 Å². The Kier molecular flexibility index (Phi) is 8.76. The highest BCUT2D eigenvalue weighted by Gasteiger charge is 2.45. The number of nitrogens with one attached hydrogen (secondary N) is 2. The lowest BCUT2D eigenvalue weighted by Gasteiger charge is -2.39. The Bertz CT molecular complexity index is 1940. The van der Waals surface area contributed by atoms with Gasteiger partial charge in [0.2, 0.25) is 0 Å². The van der Waals surface area contributed by atoms with E-state index in [0.29, 0.717) is 17.4 Å². The summed E-state index contributed by atoms with van der Waals surface area (Å²) >= 11 is 0. The Balaban J connectivity index is 1.09. The van der Waals surface area contributed by atoms with E-state index in [1.807, 2.05) is 66.4 Å². The van der Waals surface area contributed by atoms with Crippen LogP contribution in [0.2, 0.25) is 0 Å². The maximum absolute atomic E-state index is 13.7. The first kappa shape index (κ1) is 33.5. The number of amides is 3. The van der Waals surface area contributed by atoms with E-state index < -0.39 is 20.9 Å². The molecule has 254 valence electrons. The summed E-state index contributed by atoms with van der Waals surface area (Å²) in [6, 6.07) is 17.3. The smallest absolute Gasteiger partial charge is 0.324 e. The van der Waals surface area contributed by atoms with Crippen LogP contribution in [-0.2, 0) is 22.0 Å². The predicted molar refractivity (Wildman–Crippen MR) is 183 cm³/mol. The van der Waals surface area contributed by atoms with E-state index in [2.05, 4.69) is 31.4 Å². The van der Waals surface area contributed by atoms with Crippen LogP contribution < -0.4 is 10.6 Å². The number of urea groups is 1. The molecule has 2 unspecified atom stereocenters. The normalized spacial score (nSPS) is 19.4. The molecule has 48 heavy (non-hydrogen) atoms. The number of hydrogen-bond acceptors (Lipinski definition) is 6. The zero-order valence-corrected chi connectivity index (χ0v) is 29.0. The van der Waals surface area contributed by atoms with E-state index in [4.69, 9.17) is 9.52 Å². The fourth-order valence-corrected chi connectivity index (χ4v) is 8.09. The third-order valence-electron chi connectivity index (χ3n) is 9.48. The van der Waals surface area contributed by atoms with Crippen LogP contribution in [0.4, 0.5) is 16.3 Å². The molecule has 2 bridgehead atoms. The van der Waals surface area contributed by atoms with Crippen molar-refractivity contribution in [3.8, 4) is 5.69 Å². The second kappa shape index (κ2) is 12.6. The molecule has 0 aliphatic carbocycles. The number of carbonyl (C=O) groups excluding carboxylic acids is 2. The van der Waals surface area contributed by atoms with Crippen molar-refractivity contribution in [2.45, 2.75) is 96.0 Å². The highest BCUT2D eigenvalue weighted by molar-refractivity contribution is 7.86. The monoisotopic (exact) mass is 673 g/mol. The highest BCUT2D eigenvalue weighted by Crippen LogP contribution is 2.42. The zero-order chi connectivity index (χ0) is 34.5. The summed E-state index contributed by atoms with van der Waals surface area (Å²) in [5.41, 5.74) is 4.39. The number of rotatable bonds is 7. The van der Waals surface area contributed by atoms with Crippen molar-refractivity contribution in [2.75, 3.05) is 10.6 Å². The molecule has 4 heterocycles. The van der Waals surface area contributed by atoms with Gasteiger partial charge in [-0.3, -0.25) is 14.7 Å². The Morgan fingerprint density at radius 2 is 1.56 bits per heavy atom. The van der Waals surface area contributed by atoms with Gasteiger partial charge in [-0.2, -0.15) is 13.5 Å². The molecule has 0 spiro atoms. The molecule has 2 saturated heterocycles. The fourth-order valence-electron chi connectivity index (χ4n) is 7.19. The molecule has 3 amide bonds. The van der Waals surface area contributed by atoms with Gasteiger partial charge in [-0.25, -0.2) is 9.48 Å². The van der Waals surface area contributed by atoms with Crippen molar-refractivity contribution in [1.29, 1.82) is 0 Å². The summed E-state index contributed by atoms with van der Waals surface area (Å²) in [4.78, 5) is 28.1. The minimum Gasteiger partial charge on any atom is -0.464 e. The standard InChI is InChI=1S/C36H43N5O6S/c1-21-7-13-27(14-8-21)41-31(20-30(39-41)36(4,5)6)38-35(43)37-26-11-9-24(10-12-26)17-25-18-28-15-16-29(19-25)40(28)34(42)32-22(2)47-23(3)33(32)48(44,45)46/h7-14,20,25,28-29H,15-19H2,1-6H3,(H2,37,38,43)(H,44,45,46). The number of aryl methyl sites for hydroxylation is 3. The Morgan fingerprint density at radius 1 is 0.938 bits per heavy atom. The van der Waals surface area contributed by atoms with E-state index in [-0.39, 0.29) is 40.6 Å². The number of furan rings is 1. The zero-order valence-electron chi connectivity index (χ0n) is 28.2.